The van der Waals surface area contributed by atoms with Crippen LogP contribution in [0.3, 0.4) is 0 Å². The van der Waals surface area contributed by atoms with Gasteiger partial charge in [-0.15, -0.1) is 6.58 Å². The van der Waals surface area contributed by atoms with E-state index < -0.39 is 11.4 Å². The third-order valence-corrected chi connectivity index (χ3v) is 4.93. The Morgan fingerprint density at radius 1 is 1.29 bits per heavy atom. The number of rotatable bonds is 6. The molecule has 28 heavy (non-hydrogen) atoms. The van der Waals surface area contributed by atoms with E-state index in [1.165, 1.54) is 15.6 Å². The lowest BCUT2D eigenvalue weighted by Crippen LogP contribution is -2.62. The number of nitrogens with one attached hydrogen (secondary N) is 2. The Morgan fingerprint density at radius 3 is 2.68 bits per heavy atom. The standard InChI is InChI=1S/C20H23N5O3/c1-4-10-21-17(26)15-11-16-18(27)24(3)20(2,13-25(16)23-15)19(28)22-12-14-8-6-5-7-9-14/h4-9,11H,1,10,12-13H2,2-3H3,(H,21,26)(H,22,28)/t20-/m0/s1. The van der Waals surface area contributed by atoms with E-state index in [4.69, 9.17) is 0 Å². The molecule has 0 saturated carbocycles. The molecule has 2 aromatic rings. The van der Waals surface area contributed by atoms with E-state index in [9.17, 15) is 14.4 Å². The number of likely N-dealkylation sites (N-methyl/N-ethyl adjacent to an activating group) is 1. The Balaban J connectivity index is 1.79. The van der Waals surface area contributed by atoms with Gasteiger partial charge >= 0.3 is 0 Å². The Labute approximate surface area is 163 Å². The number of aromatic nitrogens is 2. The molecular formula is C20H23N5O3. The Morgan fingerprint density at radius 2 is 2.00 bits per heavy atom. The van der Waals surface area contributed by atoms with Crippen molar-refractivity contribution in [2.45, 2.75) is 25.6 Å². The van der Waals surface area contributed by atoms with Gasteiger partial charge in [-0.3, -0.25) is 19.1 Å². The maximum atomic E-state index is 12.9. The molecule has 1 aromatic carbocycles. The van der Waals surface area contributed by atoms with Crippen LogP contribution in [0.25, 0.3) is 0 Å². The number of hydrogen-bond donors (Lipinski definition) is 2. The summed E-state index contributed by atoms with van der Waals surface area (Å²) in [6.45, 7) is 6.05. The van der Waals surface area contributed by atoms with Crippen molar-refractivity contribution < 1.29 is 14.4 Å². The van der Waals surface area contributed by atoms with Crippen LogP contribution in [0.5, 0.6) is 0 Å². The normalized spacial score (nSPS) is 18.4. The van der Waals surface area contributed by atoms with E-state index in [0.29, 0.717) is 13.1 Å². The van der Waals surface area contributed by atoms with E-state index in [0.717, 1.165) is 5.56 Å². The summed E-state index contributed by atoms with van der Waals surface area (Å²) in [6.07, 6.45) is 1.56. The lowest BCUT2D eigenvalue weighted by molar-refractivity contribution is -0.132. The van der Waals surface area contributed by atoms with Gasteiger partial charge < -0.3 is 15.5 Å². The fourth-order valence-electron chi connectivity index (χ4n) is 3.06. The van der Waals surface area contributed by atoms with Gasteiger partial charge in [-0.1, -0.05) is 36.4 Å². The molecule has 8 nitrogen and oxygen atoms in total. The molecule has 3 rings (SSSR count). The first-order chi connectivity index (χ1) is 13.4. The Bertz CT molecular complexity index is 921. The number of fused-ring (bicyclic) bond motifs is 1. The molecule has 2 N–H and O–H groups in total. The van der Waals surface area contributed by atoms with Crippen LogP contribution < -0.4 is 10.6 Å². The SMILES string of the molecule is C=CCNC(=O)c1cc2n(n1)C[C@@](C)(C(=O)NCc1ccccc1)N(C)C2=O. The molecule has 0 aliphatic carbocycles. The highest BCUT2D eigenvalue weighted by Crippen LogP contribution is 2.26. The minimum Gasteiger partial charge on any atom is -0.350 e. The molecule has 8 heteroatoms. The van der Waals surface area contributed by atoms with E-state index in [-0.39, 0.29) is 29.7 Å². The predicted molar refractivity (Wildman–Crippen MR) is 104 cm³/mol. The molecule has 3 amide bonds. The average molecular weight is 381 g/mol. The molecule has 0 saturated heterocycles. The van der Waals surface area contributed by atoms with Gasteiger partial charge in [0, 0.05) is 26.2 Å². The summed E-state index contributed by atoms with van der Waals surface area (Å²) < 4.78 is 1.42. The largest absolute Gasteiger partial charge is 0.350 e. The fraction of sp³-hybridized carbons (Fsp3) is 0.300. The van der Waals surface area contributed by atoms with Crippen molar-refractivity contribution in [3.63, 3.8) is 0 Å². The first-order valence-corrected chi connectivity index (χ1v) is 8.94. The van der Waals surface area contributed by atoms with Gasteiger partial charge in [0.2, 0.25) is 5.91 Å². The van der Waals surface area contributed by atoms with Gasteiger partial charge in [-0.25, -0.2) is 0 Å². The van der Waals surface area contributed by atoms with Gasteiger partial charge in [0.05, 0.1) is 6.54 Å². The monoisotopic (exact) mass is 381 g/mol. The van der Waals surface area contributed by atoms with Gasteiger partial charge in [0.1, 0.15) is 11.2 Å². The lowest BCUT2D eigenvalue weighted by atomic mass is 9.96. The van der Waals surface area contributed by atoms with Crippen molar-refractivity contribution >= 4 is 17.7 Å². The van der Waals surface area contributed by atoms with Crippen molar-refractivity contribution in [3.8, 4) is 0 Å². The summed E-state index contributed by atoms with van der Waals surface area (Å²) in [6, 6.07) is 11.0. The molecule has 2 heterocycles. The zero-order chi connectivity index (χ0) is 20.3. The average Bonchev–Trinajstić information content (AvgIpc) is 3.13. The molecule has 0 radical (unpaired) electrons. The maximum absolute atomic E-state index is 12.9. The summed E-state index contributed by atoms with van der Waals surface area (Å²) in [5.41, 5.74) is 0.247. The van der Waals surface area contributed by atoms with E-state index in [1.807, 2.05) is 30.3 Å². The van der Waals surface area contributed by atoms with E-state index in [2.05, 4.69) is 22.3 Å². The summed E-state index contributed by atoms with van der Waals surface area (Å²) in [5, 5.41) is 9.74. The number of nitrogens with zero attached hydrogens (tertiary/aromatic N) is 3. The van der Waals surface area contributed by atoms with Crippen LogP contribution in [0, 0.1) is 0 Å². The number of amides is 3. The first-order valence-electron chi connectivity index (χ1n) is 8.94. The van der Waals surface area contributed by atoms with Crippen LogP contribution in [0.15, 0.2) is 49.1 Å². The zero-order valence-electron chi connectivity index (χ0n) is 15.9. The van der Waals surface area contributed by atoms with E-state index >= 15 is 0 Å². The molecule has 0 bridgehead atoms. The van der Waals surface area contributed by atoms with Crippen LogP contribution in [-0.2, 0) is 17.9 Å². The topological polar surface area (TPSA) is 96.3 Å². The minimum atomic E-state index is -1.13. The molecule has 1 aliphatic heterocycles. The van der Waals surface area contributed by atoms with Crippen LogP contribution in [0.4, 0.5) is 0 Å². The van der Waals surface area contributed by atoms with Gasteiger partial charge in [-0.2, -0.15) is 5.10 Å². The molecule has 146 valence electrons. The quantitative estimate of drug-likeness (QED) is 0.729. The van der Waals surface area contributed by atoms with Crippen molar-refractivity contribution in [2.75, 3.05) is 13.6 Å². The molecule has 0 unspecified atom stereocenters. The van der Waals surface area contributed by atoms with Crippen molar-refractivity contribution in [1.29, 1.82) is 0 Å². The van der Waals surface area contributed by atoms with Crippen LogP contribution >= 0.6 is 0 Å². The van der Waals surface area contributed by atoms with Crippen LogP contribution in [0.2, 0.25) is 0 Å². The Kier molecular flexibility index (Phi) is 5.30. The summed E-state index contributed by atoms with van der Waals surface area (Å²) in [7, 11) is 1.58. The number of benzene rings is 1. The fourth-order valence-corrected chi connectivity index (χ4v) is 3.06. The molecule has 0 fully saturated rings. The van der Waals surface area contributed by atoms with Crippen molar-refractivity contribution in [3.05, 3.63) is 66.0 Å². The van der Waals surface area contributed by atoms with Crippen LogP contribution in [-0.4, -0.2) is 51.5 Å². The summed E-state index contributed by atoms with van der Waals surface area (Å²) in [5.74, 6) is -1.04. The summed E-state index contributed by atoms with van der Waals surface area (Å²) >= 11 is 0. The highest BCUT2D eigenvalue weighted by atomic mass is 16.2. The van der Waals surface area contributed by atoms with Crippen LogP contribution in [0.1, 0.15) is 33.5 Å². The third-order valence-electron chi connectivity index (χ3n) is 4.93. The van der Waals surface area contributed by atoms with Crippen molar-refractivity contribution in [2.24, 2.45) is 0 Å². The number of carbonyl (C=O) groups excluding carboxylic acids is 3. The lowest BCUT2D eigenvalue weighted by Gasteiger charge is -2.40. The summed E-state index contributed by atoms with van der Waals surface area (Å²) in [4.78, 5) is 39.2. The van der Waals surface area contributed by atoms with Gasteiger partial charge in [0.15, 0.2) is 5.69 Å². The number of carbonyl (C=O) groups is 3. The second kappa shape index (κ2) is 7.67. The molecule has 0 spiro atoms. The Hall–Kier alpha value is -3.42. The molecule has 1 aromatic heterocycles. The molecule has 1 aliphatic rings. The smallest absolute Gasteiger partial charge is 0.272 e. The van der Waals surface area contributed by atoms with Gasteiger partial charge in [0.25, 0.3) is 11.8 Å². The number of hydrogen-bond acceptors (Lipinski definition) is 4. The van der Waals surface area contributed by atoms with Crippen molar-refractivity contribution in [1.82, 2.24) is 25.3 Å². The highest BCUT2D eigenvalue weighted by Gasteiger charge is 2.46. The second-order valence-electron chi connectivity index (χ2n) is 6.88. The van der Waals surface area contributed by atoms with Gasteiger partial charge in [-0.05, 0) is 12.5 Å². The predicted octanol–water partition coefficient (Wildman–Crippen LogP) is 0.960. The zero-order valence-corrected chi connectivity index (χ0v) is 15.9. The highest BCUT2D eigenvalue weighted by molar-refractivity contribution is 6.01. The van der Waals surface area contributed by atoms with E-state index in [1.54, 1.807) is 20.0 Å². The first kappa shape index (κ1) is 19.3. The molecule has 1 atom stereocenters. The maximum Gasteiger partial charge on any atom is 0.272 e. The molecular weight excluding hydrogens is 358 g/mol. The third kappa shape index (κ3) is 3.53. The minimum absolute atomic E-state index is 0.132. The second-order valence-corrected chi connectivity index (χ2v) is 6.88.